The molecule has 0 radical (unpaired) electrons. The molecule has 8 heteroatoms. The van der Waals surface area contributed by atoms with E-state index in [1.165, 1.54) is 0 Å². The second-order valence-corrected chi connectivity index (χ2v) is 8.87. The highest BCUT2D eigenvalue weighted by molar-refractivity contribution is 5.98. The van der Waals surface area contributed by atoms with Crippen molar-refractivity contribution >= 4 is 17.7 Å². The molecule has 1 saturated heterocycles. The van der Waals surface area contributed by atoms with Crippen LogP contribution >= 0.6 is 0 Å². The van der Waals surface area contributed by atoms with Gasteiger partial charge in [0.2, 0.25) is 5.91 Å². The molecule has 0 N–H and O–H groups in total. The van der Waals surface area contributed by atoms with Gasteiger partial charge in [0.05, 0.1) is 0 Å². The zero-order valence-corrected chi connectivity index (χ0v) is 19.6. The third kappa shape index (κ3) is 5.10. The summed E-state index contributed by atoms with van der Waals surface area (Å²) in [6.45, 7) is 8.21. The summed E-state index contributed by atoms with van der Waals surface area (Å²) in [4.78, 5) is 44.2. The Morgan fingerprint density at radius 1 is 1.06 bits per heavy atom. The van der Waals surface area contributed by atoms with E-state index in [1.54, 1.807) is 15.6 Å². The number of likely N-dealkylation sites (tertiary alicyclic amines) is 1. The van der Waals surface area contributed by atoms with Gasteiger partial charge in [0.25, 0.3) is 11.8 Å². The minimum Gasteiger partial charge on any atom is -0.343 e. The molecule has 3 amide bonds. The van der Waals surface area contributed by atoms with Crippen molar-refractivity contribution in [1.82, 2.24) is 24.5 Å². The van der Waals surface area contributed by atoms with Crippen molar-refractivity contribution in [2.75, 3.05) is 32.7 Å². The lowest BCUT2D eigenvalue weighted by Crippen LogP contribution is -2.36. The van der Waals surface area contributed by atoms with Crippen LogP contribution in [-0.4, -0.2) is 74.9 Å². The second-order valence-electron chi connectivity index (χ2n) is 8.87. The highest BCUT2D eigenvalue weighted by Crippen LogP contribution is 2.19. The number of rotatable bonds is 7. The quantitative estimate of drug-likeness (QED) is 0.648. The molecule has 33 heavy (non-hydrogen) atoms. The van der Waals surface area contributed by atoms with E-state index in [0.29, 0.717) is 44.8 Å². The molecular formula is C25H33N5O3. The van der Waals surface area contributed by atoms with E-state index >= 15 is 0 Å². The lowest BCUT2D eigenvalue weighted by molar-refractivity contribution is -0.130. The molecule has 0 saturated carbocycles. The molecule has 2 aromatic rings. The van der Waals surface area contributed by atoms with E-state index in [9.17, 15) is 14.4 Å². The molecule has 0 unspecified atom stereocenters. The lowest BCUT2D eigenvalue weighted by atomic mass is 10.1. The Bertz CT molecular complexity index is 1020. The van der Waals surface area contributed by atoms with E-state index in [-0.39, 0.29) is 23.4 Å². The van der Waals surface area contributed by atoms with Crippen molar-refractivity contribution < 1.29 is 14.4 Å². The molecule has 2 aliphatic heterocycles. The van der Waals surface area contributed by atoms with Crippen LogP contribution in [0.1, 0.15) is 64.7 Å². The Balaban J connectivity index is 1.45. The van der Waals surface area contributed by atoms with Crippen LogP contribution < -0.4 is 0 Å². The molecule has 2 aliphatic rings. The van der Waals surface area contributed by atoms with Gasteiger partial charge in [-0.05, 0) is 44.2 Å². The maximum absolute atomic E-state index is 13.3. The first-order valence-corrected chi connectivity index (χ1v) is 12.0. The predicted molar refractivity (Wildman–Crippen MR) is 125 cm³/mol. The number of hydrogen-bond acceptors (Lipinski definition) is 4. The van der Waals surface area contributed by atoms with Crippen molar-refractivity contribution in [2.45, 2.75) is 52.6 Å². The largest absolute Gasteiger partial charge is 0.343 e. The van der Waals surface area contributed by atoms with Gasteiger partial charge < -0.3 is 14.7 Å². The van der Waals surface area contributed by atoms with Gasteiger partial charge in [0, 0.05) is 58.3 Å². The smallest absolute Gasteiger partial charge is 0.274 e. The van der Waals surface area contributed by atoms with E-state index in [4.69, 9.17) is 0 Å². The number of aryl methyl sites for hydroxylation is 2. The number of carbonyl (C=O) groups excluding carboxylic acids is 3. The summed E-state index contributed by atoms with van der Waals surface area (Å²) >= 11 is 0. The summed E-state index contributed by atoms with van der Waals surface area (Å²) in [5.74, 6) is -0.235. The molecule has 1 fully saturated rings. The lowest BCUT2D eigenvalue weighted by Gasteiger charge is -2.22. The molecule has 3 heterocycles. The first kappa shape index (κ1) is 23.0. The van der Waals surface area contributed by atoms with Crippen LogP contribution in [-0.2, 0) is 17.9 Å². The fraction of sp³-hybridized carbons (Fsp3) is 0.520. The van der Waals surface area contributed by atoms with Gasteiger partial charge in [0.15, 0.2) is 5.69 Å². The molecule has 1 aromatic heterocycles. The van der Waals surface area contributed by atoms with Gasteiger partial charge in [-0.15, -0.1) is 0 Å². The molecule has 4 rings (SSSR count). The molecule has 8 nitrogen and oxygen atoms in total. The van der Waals surface area contributed by atoms with Crippen LogP contribution in [0.4, 0.5) is 0 Å². The Labute approximate surface area is 195 Å². The van der Waals surface area contributed by atoms with Crippen LogP contribution in [0.2, 0.25) is 0 Å². The molecule has 0 spiro atoms. The highest BCUT2D eigenvalue weighted by Gasteiger charge is 2.28. The average molecular weight is 452 g/mol. The maximum Gasteiger partial charge on any atom is 0.274 e. The summed E-state index contributed by atoms with van der Waals surface area (Å²) in [5.41, 5.74) is 3.00. The Kier molecular flexibility index (Phi) is 7.11. The van der Waals surface area contributed by atoms with E-state index < -0.39 is 0 Å². The number of amides is 3. The first-order chi connectivity index (χ1) is 16.0. The van der Waals surface area contributed by atoms with E-state index in [2.05, 4.69) is 5.10 Å². The Hall–Kier alpha value is -3.16. The summed E-state index contributed by atoms with van der Waals surface area (Å²) < 4.78 is 1.66. The topological polar surface area (TPSA) is 78.8 Å². The van der Waals surface area contributed by atoms with Gasteiger partial charge in [-0.25, -0.2) is 0 Å². The predicted octanol–water partition coefficient (Wildman–Crippen LogP) is 2.71. The van der Waals surface area contributed by atoms with Crippen molar-refractivity contribution in [3.05, 3.63) is 52.8 Å². The van der Waals surface area contributed by atoms with Crippen molar-refractivity contribution in [3.63, 3.8) is 0 Å². The first-order valence-electron chi connectivity index (χ1n) is 12.0. The normalized spacial score (nSPS) is 16.0. The monoisotopic (exact) mass is 451 g/mol. The summed E-state index contributed by atoms with van der Waals surface area (Å²) in [6, 6.07) is 9.69. The van der Waals surface area contributed by atoms with Crippen molar-refractivity contribution in [1.29, 1.82) is 0 Å². The Morgan fingerprint density at radius 3 is 2.55 bits per heavy atom. The van der Waals surface area contributed by atoms with Gasteiger partial charge >= 0.3 is 0 Å². The number of benzene rings is 1. The SMILES string of the molecule is CCN(CCC(=O)N1CCCC1)C(=O)c1cc2n(n1)CCCN(Cc1ccccc1C)C2=O. The number of carbonyl (C=O) groups is 3. The van der Waals surface area contributed by atoms with Crippen LogP contribution in [0.25, 0.3) is 0 Å². The van der Waals surface area contributed by atoms with E-state index in [0.717, 1.165) is 43.5 Å². The second kappa shape index (κ2) is 10.2. The minimum absolute atomic E-state index is 0.0985. The molecule has 0 bridgehead atoms. The summed E-state index contributed by atoms with van der Waals surface area (Å²) in [6.07, 6.45) is 3.20. The molecule has 176 valence electrons. The van der Waals surface area contributed by atoms with Crippen LogP contribution in [0.3, 0.4) is 0 Å². The van der Waals surface area contributed by atoms with E-state index in [1.807, 2.05) is 47.9 Å². The van der Waals surface area contributed by atoms with Gasteiger partial charge in [0.1, 0.15) is 5.69 Å². The summed E-state index contributed by atoms with van der Waals surface area (Å²) in [7, 11) is 0. The average Bonchev–Trinajstić information content (AvgIpc) is 3.47. The third-order valence-electron chi connectivity index (χ3n) is 6.65. The summed E-state index contributed by atoms with van der Waals surface area (Å²) in [5, 5.41) is 4.48. The van der Waals surface area contributed by atoms with Gasteiger partial charge in [-0.2, -0.15) is 5.10 Å². The van der Waals surface area contributed by atoms with Crippen LogP contribution in [0.15, 0.2) is 30.3 Å². The fourth-order valence-electron chi connectivity index (χ4n) is 4.60. The minimum atomic E-state index is -0.231. The van der Waals surface area contributed by atoms with Gasteiger partial charge in [-0.1, -0.05) is 24.3 Å². The van der Waals surface area contributed by atoms with Crippen LogP contribution in [0.5, 0.6) is 0 Å². The van der Waals surface area contributed by atoms with Gasteiger partial charge in [-0.3, -0.25) is 19.1 Å². The van der Waals surface area contributed by atoms with Crippen molar-refractivity contribution in [3.8, 4) is 0 Å². The maximum atomic E-state index is 13.3. The zero-order valence-electron chi connectivity index (χ0n) is 19.6. The van der Waals surface area contributed by atoms with Crippen LogP contribution in [0, 0.1) is 6.92 Å². The number of aromatic nitrogens is 2. The molecular weight excluding hydrogens is 418 g/mol. The molecule has 0 aliphatic carbocycles. The standard InChI is InChI=1S/C25H33N5O3/c1-3-27(16-11-23(31)28-12-6-7-13-28)24(32)21-17-22-25(33)29(14-8-15-30(22)26-21)18-20-10-5-4-9-19(20)2/h4-5,9-10,17H,3,6-8,11-16,18H2,1-2H3. The molecule has 1 aromatic carbocycles. The number of hydrogen-bond donors (Lipinski definition) is 0. The Morgan fingerprint density at radius 2 is 1.82 bits per heavy atom. The fourth-order valence-corrected chi connectivity index (χ4v) is 4.60. The number of fused-ring (bicyclic) bond motifs is 1. The van der Waals surface area contributed by atoms with Crippen molar-refractivity contribution in [2.24, 2.45) is 0 Å². The third-order valence-corrected chi connectivity index (χ3v) is 6.65. The zero-order chi connectivity index (χ0) is 23.4. The highest BCUT2D eigenvalue weighted by atomic mass is 16.2. The number of nitrogens with zero attached hydrogens (tertiary/aromatic N) is 5. The molecule has 0 atom stereocenters.